The number of carbonyl (C=O) groups is 1. The summed E-state index contributed by atoms with van der Waals surface area (Å²) in [6, 6.07) is 0.502. The van der Waals surface area contributed by atoms with Gasteiger partial charge in [0.05, 0.1) is 12.5 Å². The number of rotatable bonds is 2. The first-order valence-corrected chi connectivity index (χ1v) is 6.10. The summed E-state index contributed by atoms with van der Waals surface area (Å²) < 4.78 is 1.74. The molecule has 2 heterocycles. The number of carbonyl (C=O) groups excluding carboxylic acids is 1. The Balaban J connectivity index is 2.05. The van der Waals surface area contributed by atoms with Crippen LogP contribution in [0.1, 0.15) is 30.8 Å². The predicted molar refractivity (Wildman–Crippen MR) is 65.7 cm³/mol. The van der Waals surface area contributed by atoms with Crippen molar-refractivity contribution in [3.8, 4) is 0 Å². The van der Waals surface area contributed by atoms with Crippen LogP contribution in [0, 0.1) is 5.92 Å². The Bertz CT molecular complexity index is 391. The first-order valence-electron chi connectivity index (χ1n) is 6.10. The molecular formula is C12H20N4O. The fraction of sp³-hybridized carbons (Fsp3) is 0.667. The van der Waals surface area contributed by atoms with Gasteiger partial charge in [-0.25, -0.2) is 4.98 Å². The molecule has 5 nitrogen and oxygen atoms in total. The van der Waals surface area contributed by atoms with Crippen LogP contribution in [0.3, 0.4) is 0 Å². The van der Waals surface area contributed by atoms with E-state index in [0.29, 0.717) is 17.7 Å². The van der Waals surface area contributed by atoms with Gasteiger partial charge < -0.3 is 15.2 Å². The lowest BCUT2D eigenvalue weighted by molar-refractivity contribution is 0.0889. The number of aryl methyl sites for hydroxylation is 1. The summed E-state index contributed by atoms with van der Waals surface area (Å²) in [5, 5.41) is 6.49. The van der Waals surface area contributed by atoms with E-state index >= 15 is 0 Å². The predicted octanol–water partition coefficient (Wildman–Crippen LogP) is 0.536. The van der Waals surface area contributed by atoms with Gasteiger partial charge >= 0.3 is 0 Å². The van der Waals surface area contributed by atoms with Crippen LogP contribution in [0.15, 0.2) is 12.5 Å². The summed E-state index contributed by atoms with van der Waals surface area (Å²) in [7, 11) is 1.83. The van der Waals surface area contributed by atoms with Gasteiger partial charge in [-0.15, -0.1) is 0 Å². The highest BCUT2D eigenvalue weighted by Gasteiger charge is 2.29. The Morgan fingerprint density at radius 1 is 1.59 bits per heavy atom. The van der Waals surface area contributed by atoms with Crippen molar-refractivity contribution in [3.05, 3.63) is 18.2 Å². The van der Waals surface area contributed by atoms with Gasteiger partial charge in [0.1, 0.15) is 5.69 Å². The molecule has 2 N–H and O–H groups in total. The van der Waals surface area contributed by atoms with E-state index in [-0.39, 0.29) is 11.9 Å². The maximum absolute atomic E-state index is 12.1. The van der Waals surface area contributed by atoms with Crippen LogP contribution in [-0.2, 0) is 7.05 Å². The SMILES string of the molecule is CC1CCNC(C)C1NC(=O)c1cncn1C. The molecule has 94 valence electrons. The molecule has 0 bridgehead atoms. The van der Waals surface area contributed by atoms with Gasteiger partial charge in [-0.1, -0.05) is 6.92 Å². The smallest absolute Gasteiger partial charge is 0.269 e. The molecule has 3 atom stereocenters. The third-order valence-electron chi connectivity index (χ3n) is 3.56. The molecule has 1 aliphatic rings. The number of nitrogens with one attached hydrogen (secondary N) is 2. The van der Waals surface area contributed by atoms with Crippen LogP contribution in [-0.4, -0.2) is 34.1 Å². The number of nitrogens with zero attached hydrogens (tertiary/aromatic N) is 2. The minimum absolute atomic E-state index is 0.0441. The topological polar surface area (TPSA) is 58.9 Å². The molecule has 2 rings (SSSR count). The monoisotopic (exact) mass is 236 g/mol. The van der Waals surface area contributed by atoms with E-state index in [1.807, 2.05) is 7.05 Å². The Morgan fingerprint density at radius 2 is 2.35 bits per heavy atom. The number of aromatic nitrogens is 2. The van der Waals surface area contributed by atoms with Crippen molar-refractivity contribution < 1.29 is 4.79 Å². The molecule has 0 aromatic carbocycles. The fourth-order valence-corrected chi connectivity index (χ4v) is 2.41. The molecule has 1 amide bonds. The van der Waals surface area contributed by atoms with Crippen molar-refractivity contribution in [1.82, 2.24) is 20.2 Å². The van der Waals surface area contributed by atoms with Crippen molar-refractivity contribution in [3.63, 3.8) is 0 Å². The minimum Gasteiger partial charge on any atom is -0.346 e. The second kappa shape index (κ2) is 4.87. The Labute approximate surface area is 102 Å². The molecule has 1 saturated heterocycles. The molecule has 5 heteroatoms. The van der Waals surface area contributed by atoms with Gasteiger partial charge in [-0.2, -0.15) is 0 Å². The maximum Gasteiger partial charge on any atom is 0.269 e. The highest BCUT2D eigenvalue weighted by molar-refractivity contribution is 5.92. The third kappa shape index (κ3) is 2.49. The van der Waals surface area contributed by atoms with Gasteiger partial charge in [-0.05, 0) is 25.8 Å². The zero-order valence-electron chi connectivity index (χ0n) is 10.6. The molecule has 0 spiro atoms. The van der Waals surface area contributed by atoms with Gasteiger partial charge in [0.2, 0.25) is 0 Å². The zero-order chi connectivity index (χ0) is 12.4. The van der Waals surface area contributed by atoms with E-state index < -0.39 is 0 Å². The first kappa shape index (κ1) is 12.1. The van der Waals surface area contributed by atoms with E-state index in [1.165, 1.54) is 0 Å². The van der Waals surface area contributed by atoms with Crippen LogP contribution in [0.2, 0.25) is 0 Å². The summed E-state index contributed by atoms with van der Waals surface area (Å²) in [6.45, 7) is 5.33. The quantitative estimate of drug-likeness (QED) is 0.788. The van der Waals surface area contributed by atoms with Gasteiger partial charge in [-0.3, -0.25) is 4.79 Å². The molecule has 0 radical (unpaired) electrons. The Hall–Kier alpha value is -1.36. The second-order valence-corrected chi connectivity index (χ2v) is 4.90. The van der Waals surface area contributed by atoms with Crippen LogP contribution < -0.4 is 10.6 Å². The van der Waals surface area contributed by atoms with Crippen LogP contribution in [0.25, 0.3) is 0 Å². The third-order valence-corrected chi connectivity index (χ3v) is 3.56. The number of amides is 1. The Morgan fingerprint density at radius 3 is 2.94 bits per heavy atom. The molecule has 3 unspecified atom stereocenters. The number of hydrogen-bond donors (Lipinski definition) is 2. The average Bonchev–Trinajstić information content (AvgIpc) is 2.70. The van der Waals surface area contributed by atoms with Crippen molar-refractivity contribution in [2.45, 2.75) is 32.4 Å². The molecule has 1 aromatic rings. The lowest BCUT2D eigenvalue weighted by Gasteiger charge is -2.35. The number of piperidine rings is 1. The van der Waals surface area contributed by atoms with E-state index in [1.54, 1.807) is 17.1 Å². The van der Waals surface area contributed by atoms with E-state index in [9.17, 15) is 4.79 Å². The highest BCUT2D eigenvalue weighted by atomic mass is 16.2. The molecule has 0 saturated carbocycles. The molecule has 17 heavy (non-hydrogen) atoms. The van der Waals surface area contributed by atoms with Crippen LogP contribution in [0.4, 0.5) is 0 Å². The lowest BCUT2D eigenvalue weighted by atomic mass is 9.89. The van der Waals surface area contributed by atoms with E-state index in [4.69, 9.17) is 0 Å². The van der Waals surface area contributed by atoms with Crippen molar-refractivity contribution in [1.29, 1.82) is 0 Å². The summed E-state index contributed by atoms with van der Waals surface area (Å²) in [4.78, 5) is 16.0. The fourth-order valence-electron chi connectivity index (χ4n) is 2.41. The minimum atomic E-state index is -0.0441. The molecule has 1 aromatic heterocycles. The highest BCUT2D eigenvalue weighted by Crippen LogP contribution is 2.16. The van der Waals surface area contributed by atoms with Crippen molar-refractivity contribution >= 4 is 5.91 Å². The van der Waals surface area contributed by atoms with E-state index in [0.717, 1.165) is 13.0 Å². The standard InChI is InChI=1S/C12H20N4O/c1-8-4-5-14-9(2)11(8)15-12(17)10-6-13-7-16(10)3/h6-9,11,14H,4-5H2,1-3H3,(H,15,17). The molecule has 1 fully saturated rings. The second-order valence-electron chi connectivity index (χ2n) is 4.90. The average molecular weight is 236 g/mol. The normalized spacial score (nSPS) is 29.0. The largest absolute Gasteiger partial charge is 0.346 e. The van der Waals surface area contributed by atoms with Gasteiger partial charge in [0, 0.05) is 19.1 Å². The van der Waals surface area contributed by atoms with Crippen molar-refractivity contribution in [2.24, 2.45) is 13.0 Å². The molecule has 0 aliphatic carbocycles. The first-order chi connectivity index (χ1) is 8.09. The van der Waals surface area contributed by atoms with Gasteiger partial charge in [0.25, 0.3) is 5.91 Å². The van der Waals surface area contributed by atoms with Crippen LogP contribution in [0.5, 0.6) is 0 Å². The zero-order valence-corrected chi connectivity index (χ0v) is 10.6. The van der Waals surface area contributed by atoms with Gasteiger partial charge in [0.15, 0.2) is 0 Å². The lowest BCUT2D eigenvalue weighted by Crippen LogP contribution is -2.56. The summed E-state index contributed by atoms with van der Waals surface area (Å²) in [5.41, 5.74) is 0.606. The summed E-state index contributed by atoms with van der Waals surface area (Å²) in [6.07, 6.45) is 4.34. The van der Waals surface area contributed by atoms with E-state index in [2.05, 4.69) is 29.5 Å². The molecule has 1 aliphatic heterocycles. The van der Waals surface area contributed by atoms with Crippen molar-refractivity contribution in [2.75, 3.05) is 6.54 Å². The number of hydrogen-bond acceptors (Lipinski definition) is 3. The van der Waals surface area contributed by atoms with Crippen LogP contribution >= 0.6 is 0 Å². The Kier molecular flexibility index (Phi) is 3.47. The summed E-state index contributed by atoms with van der Waals surface area (Å²) >= 11 is 0. The molecular weight excluding hydrogens is 216 g/mol. The number of imidazole rings is 1. The summed E-state index contributed by atoms with van der Waals surface area (Å²) in [5.74, 6) is 0.459. The maximum atomic E-state index is 12.1.